The number of rotatable bonds is 3. The lowest BCUT2D eigenvalue weighted by Gasteiger charge is -2.36. The zero-order chi connectivity index (χ0) is 12.3. The van der Waals surface area contributed by atoms with E-state index in [-0.39, 0.29) is 6.10 Å². The Bertz CT molecular complexity index is 373. The van der Waals surface area contributed by atoms with Crippen LogP contribution in [0.2, 0.25) is 0 Å². The zero-order valence-corrected chi connectivity index (χ0v) is 10.3. The molecule has 6 nitrogen and oxygen atoms in total. The third-order valence-electron chi connectivity index (χ3n) is 3.29. The lowest BCUT2D eigenvalue weighted by Crippen LogP contribution is -2.44. The Hall–Kier alpha value is -1.40. The van der Waals surface area contributed by atoms with E-state index in [1.807, 2.05) is 0 Å². The largest absolute Gasteiger partial charge is 0.379 e. The molecule has 0 radical (unpaired) electrons. The van der Waals surface area contributed by atoms with E-state index in [1.54, 1.807) is 19.5 Å². The fraction of sp³-hybridized carbons (Fsp3) is 0.636. The minimum atomic E-state index is 0.250. The van der Waals surface area contributed by atoms with Gasteiger partial charge in [-0.3, -0.25) is 4.98 Å². The first-order valence-electron chi connectivity index (χ1n) is 5.81. The number of hydrogen-bond acceptors (Lipinski definition) is 6. The van der Waals surface area contributed by atoms with Gasteiger partial charge in [-0.05, 0) is 12.3 Å². The summed E-state index contributed by atoms with van der Waals surface area (Å²) in [6.45, 7) is 4.04. The fourth-order valence-electron chi connectivity index (χ4n) is 2.13. The number of ether oxygens (including phenoxy) is 1. The van der Waals surface area contributed by atoms with Crippen LogP contribution in [0.15, 0.2) is 12.4 Å². The summed E-state index contributed by atoms with van der Waals surface area (Å²) >= 11 is 0. The van der Waals surface area contributed by atoms with Crippen molar-refractivity contribution < 1.29 is 4.74 Å². The molecule has 1 fully saturated rings. The number of hydrogen-bond donors (Lipinski definition) is 2. The predicted octanol–water partition coefficient (Wildman–Crippen LogP) is 0.623. The standard InChI is InChI=1S/C11H19N5O/c1-8-3-4-16(7-9(8)17-2)11-6-13-5-10(14-11)15-12/h5-6,8-9H,3-4,7,12H2,1-2H3,(H,14,15). The molecule has 94 valence electrons. The van der Waals surface area contributed by atoms with Crippen LogP contribution < -0.4 is 16.2 Å². The molecule has 2 unspecified atom stereocenters. The van der Waals surface area contributed by atoms with Crippen LogP contribution in [-0.2, 0) is 4.74 Å². The first-order chi connectivity index (χ1) is 8.24. The number of hydrazine groups is 1. The van der Waals surface area contributed by atoms with Crippen molar-refractivity contribution in [2.75, 3.05) is 30.5 Å². The van der Waals surface area contributed by atoms with E-state index in [1.165, 1.54) is 0 Å². The van der Waals surface area contributed by atoms with Gasteiger partial charge in [0.25, 0.3) is 0 Å². The van der Waals surface area contributed by atoms with Crippen molar-refractivity contribution in [3.05, 3.63) is 12.4 Å². The molecule has 1 aliphatic heterocycles. The summed E-state index contributed by atoms with van der Waals surface area (Å²) in [5.41, 5.74) is 2.51. The van der Waals surface area contributed by atoms with E-state index in [4.69, 9.17) is 10.6 Å². The molecule has 0 aromatic carbocycles. The van der Waals surface area contributed by atoms with Crippen LogP contribution in [-0.4, -0.2) is 36.3 Å². The Morgan fingerprint density at radius 3 is 3.06 bits per heavy atom. The highest BCUT2D eigenvalue weighted by molar-refractivity contribution is 5.43. The van der Waals surface area contributed by atoms with Crippen LogP contribution in [0, 0.1) is 5.92 Å². The monoisotopic (exact) mass is 237 g/mol. The van der Waals surface area contributed by atoms with Gasteiger partial charge in [0.05, 0.1) is 18.5 Å². The highest BCUT2D eigenvalue weighted by Crippen LogP contribution is 2.23. The number of piperidine rings is 1. The van der Waals surface area contributed by atoms with Gasteiger partial charge in [0.1, 0.15) is 5.82 Å². The highest BCUT2D eigenvalue weighted by atomic mass is 16.5. The summed E-state index contributed by atoms with van der Waals surface area (Å²) in [6.07, 6.45) is 4.70. The number of nitrogens with zero attached hydrogens (tertiary/aromatic N) is 3. The van der Waals surface area contributed by atoms with Crippen molar-refractivity contribution in [1.82, 2.24) is 9.97 Å². The molecular formula is C11H19N5O. The molecule has 0 spiro atoms. The molecule has 0 saturated carbocycles. The van der Waals surface area contributed by atoms with Crippen LogP contribution in [0.1, 0.15) is 13.3 Å². The molecule has 2 atom stereocenters. The maximum absolute atomic E-state index is 5.48. The van der Waals surface area contributed by atoms with E-state index in [0.29, 0.717) is 11.7 Å². The van der Waals surface area contributed by atoms with E-state index >= 15 is 0 Å². The first-order valence-corrected chi connectivity index (χ1v) is 5.81. The van der Waals surface area contributed by atoms with E-state index in [9.17, 15) is 0 Å². The molecule has 2 heterocycles. The predicted molar refractivity (Wildman–Crippen MR) is 66.6 cm³/mol. The average molecular weight is 237 g/mol. The molecule has 0 amide bonds. The Kier molecular flexibility index (Phi) is 3.75. The molecule has 2 rings (SSSR count). The molecule has 1 saturated heterocycles. The second kappa shape index (κ2) is 5.29. The molecule has 1 aromatic rings. The van der Waals surface area contributed by atoms with Crippen LogP contribution in [0.5, 0.6) is 0 Å². The summed E-state index contributed by atoms with van der Waals surface area (Å²) in [7, 11) is 1.76. The minimum Gasteiger partial charge on any atom is -0.379 e. The maximum atomic E-state index is 5.48. The van der Waals surface area contributed by atoms with Crippen molar-refractivity contribution in [3.8, 4) is 0 Å². The molecule has 17 heavy (non-hydrogen) atoms. The first kappa shape index (κ1) is 12.1. The van der Waals surface area contributed by atoms with Gasteiger partial charge in [-0.2, -0.15) is 0 Å². The Balaban J connectivity index is 2.11. The molecule has 0 aliphatic carbocycles. The number of nitrogens with one attached hydrogen (secondary N) is 1. The van der Waals surface area contributed by atoms with Crippen molar-refractivity contribution in [2.45, 2.75) is 19.4 Å². The average Bonchev–Trinajstić information content (AvgIpc) is 2.39. The van der Waals surface area contributed by atoms with Gasteiger partial charge < -0.3 is 15.1 Å². The summed E-state index contributed by atoms with van der Waals surface area (Å²) in [6, 6.07) is 0. The Labute approximate surface area is 101 Å². The van der Waals surface area contributed by atoms with Gasteiger partial charge in [0.2, 0.25) is 0 Å². The van der Waals surface area contributed by atoms with Crippen molar-refractivity contribution >= 4 is 11.6 Å². The zero-order valence-electron chi connectivity index (χ0n) is 10.3. The molecule has 1 aliphatic rings. The molecule has 1 aromatic heterocycles. The minimum absolute atomic E-state index is 0.250. The number of nitrogen functional groups attached to an aromatic ring is 1. The van der Waals surface area contributed by atoms with E-state index in [2.05, 4.69) is 27.2 Å². The van der Waals surface area contributed by atoms with Gasteiger partial charge in [0.15, 0.2) is 5.82 Å². The maximum Gasteiger partial charge on any atom is 0.160 e. The number of nitrogens with two attached hydrogens (primary N) is 1. The van der Waals surface area contributed by atoms with Crippen LogP contribution in [0.25, 0.3) is 0 Å². The van der Waals surface area contributed by atoms with Gasteiger partial charge in [-0.15, -0.1) is 0 Å². The van der Waals surface area contributed by atoms with Crippen LogP contribution in [0.3, 0.4) is 0 Å². The third-order valence-corrected chi connectivity index (χ3v) is 3.29. The smallest absolute Gasteiger partial charge is 0.160 e. The Morgan fingerprint density at radius 1 is 1.53 bits per heavy atom. The van der Waals surface area contributed by atoms with Crippen LogP contribution in [0.4, 0.5) is 11.6 Å². The Morgan fingerprint density at radius 2 is 2.35 bits per heavy atom. The third kappa shape index (κ3) is 2.65. The summed E-state index contributed by atoms with van der Waals surface area (Å²) in [4.78, 5) is 10.7. The quantitative estimate of drug-likeness (QED) is 0.593. The second-order valence-corrected chi connectivity index (χ2v) is 4.39. The SMILES string of the molecule is COC1CN(c2cncc(NN)n2)CCC1C. The number of aromatic nitrogens is 2. The van der Waals surface area contributed by atoms with Crippen LogP contribution >= 0.6 is 0 Å². The number of anilines is 2. The summed E-state index contributed by atoms with van der Waals surface area (Å²) in [5, 5.41) is 0. The van der Waals surface area contributed by atoms with Gasteiger partial charge >= 0.3 is 0 Å². The lowest BCUT2D eigenvalue weighted by molar-refractivity contribution is 0.0496. The normalized spacial score (nSPS) is 24.8. The number of methoxy groups -OCH3 is 1. The van der Waals surface area contributed by atoms with Crippen molar-refractivity contribution in [3.63, 3.8) is 0 Å². The van der Waals surface area contributed by atoms with Crippen molar-refractivity contribution in [1.29, 1.82) is 0 Å². The van der Waals surface area contributed by atoms with Crippen molar-refractivity contribution in [2.24, 2.45) is 11.8 Å². The fourth-order valence-corrected chi connectivity index (χ4v) is 2.13. The van der Waals surface area contributed by atoms with Gasteiger partial charge in [-0.25, -0.2) is 10.8 Å². The van der Waals surface area contributed by atoms with Gasteiger partial charge in [-0.1, -0.05) is 6.92 Å². The lowest BCUT2D eigenvalue weighted by atomic mass is 9.96. The highest BCUT2D eigenvalue weighted by Gasteiger charge is 2.26. The molecule has 6 heteroatoms. The topological polar surface area (TPSA) is 76.3 Å². The molecular weight excluding hydrogens is 218 g/mol. The van der Waals surface area contributed by atoms with Gasteiger partial charge in [0, 0.05) is 20.2 Å². The second-order valence-electron chi connectivity index (χ2n) is 4.39. The summed E-state index contributed by atoms with van der Waals surface area (Å²) < 4.78 is 5.48. The van der Waals surface area contributed by atoms with E-state index in [0.717, 1.165) is 25.3 Å². The molecule has 3 N–H and O–H groups in total. The molecule has 0 bridgehead atoms. The van der Waals surface area contributed by atoms with E-state index < -0.39 is 0 Å². The summed E-state index contributed by atoms with van der Waals surface area (Å²) in [5.74, 6) is 7.33.